The third-order valence-corrected chi connectivity index (χ3v) is 8.74. The summed E-state index contributed by atoms with van der Waals surface area (Å²) in [6.07, 6.45) is 4.53. The number of benzene rings is 1. The van der Waals surface area contributed by atoms with Gasteiger partial charge < -0.3 is 14.1 Å². The van der Waals surface area contributed by atoms with Gasteiger partial charge in [0.15, 0.2) is 0 Å². The molecule has 2 aromatic heterocycles. The number of hydrogen-bond donors (Lipinski definition) is 1. The highest BCUT2D eigenvalue weighted by Gasteiger charge is 2.53. The Morgan fingerprint density at radius 1 is 1.22 bits per heavy atom. The van der Waals surface area contributed by atoms with E-state index in [4.69, 9.17) is 9.15 Å². The molecule has 0 saturated heterocycles. The first-order valence-electron chi connectivity index (χ1n) is 12.1. The van der Waals surface area contributed by atoms with E-state index in [1.165, 1.54) is 18.3 Å². The molecule has 1 saturated carbocycles. The number of nitrogens with one attached hydrogen (secondary N) is 1. The van der Waals surface area contributed by atoms with Crippen LogP contribution in [0.15, 0.2) is 47.1 Å². The molecule has 9 nitrogen and oxygen atoms in total. The molecule has 0 atom stereocenters. The van der Waals surface area contributed by atoms with Crippen molar-refractivity contribution in [3.63, 3.8) is 0 Å². The first-order valence-corrected chi connectivity index (χ1v) is 14.6. The third kappa shape index (κ3) is 6.22. The molecular weight excluding hydrogens is 514 g/mol. The summed E-state index contributed by atoms with van der Waals surface area (Å²) in [5, 5.41) is 0.577. The van der Waals surface area contributed by atoms with E-state index in [2.05, 4.69) is 4.98 Å². The Kier molecular flexibility index (Phi) is 8.03. The fraction of sp³-hybridized carbons (Fsp3) is 0.423. The zero-order valence-electron chi connectivity index (χ0n) is 21.2. The number of methoxy groups -OCH3 is 1. The summed E-state index contributed by atoms with van der Waals surface area (Å²) < 4.78 is 36.5. The zero-order valence-corrected chi connectivity index (χ0v) is 22.8. The number of aromatic nitrogens is 1. The zero-order chi connectivity index (χ0) is 26.6. The monoisotopic (exact) mass is 545 g/mol. The average Bonchev–Trinajstić information content (AvgIpc) is 3.36. The molecule has 0 bridgehead atoms. The summed E-state index contributed by atoms with van der Waals surface area (Å²) in [7, 11) is -2.10. The van der Waals surface area contributed by atoms with Crippen molar-refractivity contribution in [2.24, 2.45) is 0 Å². The topological polar surface area (TPSA) is 119 Å². The van der Waals surface area contributed by atoms with Gasteiger partial charge in [0.1, 0.15) is 22.2 Å². The number of carbonyl (C=O) groups is 2. The molecule has 0 radical (unpaired) electrons. The Hall–Kier alpha value is -3.18. The number of sulfonamides is 1. The first kappa shape index (κ1) is 26.9. The highest BCUT2D eigenvalue weighted by atomic mass is 32.2. The number of furan rings is 1. The van der Waals surface area contributed by atoms with Gasteiger partial charge in [-0.3, -0.25) is 9.59 Å². The normalized spacial score (nSPS) is 14.2. The largest absolute Gasteiger partial charge is 0.497 e. The van der Waals surface area contributed by atoms with Gasteiger partial charge in [-0.1, -0.05) is 12.1 Å². The van der Waals surface area contributed by atoms with Crippen molar-refractivity contribution < 1.29 is 27.2 Å². The number of hydrogen-bond acceptors (Lipinski definition) is 8. The van der Waals surface area contributed by atoms with Crippen molar-refractivity contribution in [3.8, 4) is 5.75 Å². The van der Waals surface area contributed by atoms with E-state index >= 15 is 0 Å². The second-order valence-corrected chi connectivity index (χ2v) is 12.4. The van der Waals surface area contributed by atoms with Gasteiger partial charge in [-0.15, -0.1) is 11.3 Å². The van der Waals surface area contributed by atoms with Crippen LogP contribution in [0.1, 0.15) is 57.9 Å². The second-order valence-electron chi connectivity index (χ2n) is 9.07. The molecule has 0 spiro atoms. The van der Waals surface area contributed by atoms with Crippen molar-refractivity contribution >= 4 is 33.2 Å². The first-order chi connectivity index (χ1) is 17.7. The van der Waals surface area contributed by atoms with E-state index in [0.717, 1.165) is 29.9 Å². The molecule has 1 aliphatic carbocycles. The smallest absolute Gasteiger partial charge is 0.284 e. The Balaban J connectivity index is 1.55. The quantitative estimate of drug-likeness (QED) is 0.367. The van der Waals surface area contributed by atoms with Crippen LogP contribution in [-0.4, -0.2) is 49.5 Å². The molecule has 198 valence electrons. The van der Waals surface area contributed by atoms with Crippen LogP contribution in [0.3, 0.4) is 0 Å². The number of ether oxygens (including phenoxy) is 1. The summed E-state index contributed by atoms with van der Waals surface area (Å²) in [4.78, 5) is 33.3. The van der Waals surface area contributed by atoms with Crippen LogP contribution in [-0.2, 0) is 33.2 Å². The molecule has 0 unspecified atom stereocenters. The molecule has 37 heavy (non-hydrogen) atoms. The maximum atomic E-state index is 13.9. The predicted molar refractivity (Wildman–Crippen MR) is 140 cm³/mol. The fourth-order valence-corrected chi connectivity index (χ4v) is 5.74. The minimum Gasteiger partial charge on any atom is -0.497 e. The summed E-state index contributed by atoms with van der Waals surface area (Å²) in [5.74, 6) is 0.639. The molecule has 1 aromatic carbocycles. The van der Waals surface area contributed by atoms with Crippen LogP contribution in [0.25, 0.3) is 0 Å². The summed E-state index contributed by atoms with van der Waals surface area (Å²) in [5.41, 5.74) is 0.435. The van der Waals surface area contributed by atoms with Gasteiger partial charge in [-0.25, -0.2) is 18.1 Å². The average molecular weight is 546 g/mol. The number of aryl methyl sites for hydroxylation is 2. The minimum atomic E-state index is -3.71. The summed E-state index contributed by atoms with van der Waals surface area (Å²) in [6.45, 7) is 3.89. The molecule has 4 rings (SSSR count). The number of carbonyl (C=O) groups excluding carboxylic acids is 2. The SMILES string of the molecule is CCS(=O)(=O)NC(=O)c1nc(CN(CCCc2ccco2)C(=O)C2(c3ccc(OC)cc3)CC2)sc1C. The van der Waals surface area contributed by atoms with Crippen LogP contribution < -0.4 is 9.46 Å². The number of nitrogens with zero attached hydrogens (tertiary/aromatic N) is 2. The Bertz CT molecular complexity index is 1340. The molecule has 1 N–H and O–H groups in total. The molecule has 2 amide bonds. The standard InChI is InChI=1S/C26H31N3O6S2/c1-4-37(32,33)28-24(30)23-18(2)36-22(27-23)17-29(15-5-7-21-8-6-16-35-21)25(31)26(13-14-26)19-9-11-20(34-3)12-10-19/h6,8-12,16H,4-5,7,13-15,17H2,1-3H3,(H,28,30). The van der Waals surface area contributed by atoms with Gasteiger partial charge in [0.05, 0.1) is 31.1 Å². The molecule has 2 heterocycles. The van der Waals surface area contributed by atoms with E-state index < -0.39 is 21.3 Å². The number of thiazole rings is 1. The lowest BCUT2D eigenvalue weighted by atomic mass is 9.94. The van der Waals surface area contributed by atoms with E-state index in [-0.39, 0.29) is 23.9 Å². The van der Waals surface area contributed by atoms with Crippen LogP contribution in [0, 0.1) is 6.92 Å². The van der Waals surface area contributed by atoms with E-state index in [1.54, 1.807) is 25.2 Å². The summed E-state index contributed by atoms with van der Waals surface area (Å²) in [6, 6.07) is 11.4. The van der Waals surface area contributed by atoms with Crippen LogP contribution >= 0.6 is 11.3 Å². The lowest BCUT2D eigenvalue weighted by molar-refractivity contribution is -0.134. The maximum Gasteiger partial charge on any atom is 0.284 e. The number of amides is 2. The Morgan fingerprint density at radius 2 is 1.95 bits per heavy atom. The fourth-order valence-electron chi connectivity index (χ4n) is 4.27. The van der Waals surface area contributed by atoms with Gasteiger partial charge in [-0.05, 0) is 62.9 Å². The number of rotatable bonds is 12. The molecule has 11 heteroatoms. The highest BCUT2D eigenvalue weighted by Crippen LogP contribution is 2.50. The van der Waals surface area contributed by atoms with Crippen molar-refractivity contribution in [2.75, 3.05) is 19.4 Å². The maximum absolute atomic E-state index is 13.9. The van der Waals surface area contributed by atoms with Crippen LogP contribution in [0.2, 0.25) is 0 Å². The van der Waals surface area contributed by atoms with Crippen molar-refractivity contribution in [3.05, 3.63) is 69.6 Å². The third-order valence-electron chi connectivity index (χ3n) is 6.53. The lowest BCUT2D eigenvalue weighted by Gasteiger charge is -2.27. The van der Waals surface area contributed by atoms with Gasteiger partial charge in [0.2, 0.25) is 15.9 Å². The molecule has 1 fully saturated rings. The van der Waals surface area contributed by atoms with Gasteiger partial charge in [0, 0.05) is 17.8 Å². The molecular formula is C26H31N3O6S2. The Morgan fingerprint density at radius 3 is 2.54 bits per heavy atom. The van der Waals surface area contributed by atoms with Gasteiger partial charge in [0.25, 0.3) is 5.91 Å². The highest BCUT2D eigenvalue weighted by molar-refractivity contribution is 7.90. The minimum absolute atomic E-state index is 0.0181. The van der Waals surface area contributed by atoms with Crippen LogP contribution in [0.5, 0.6) is 5.75 Å². The molecule has 0 aliphatic heterocycles. The lowest BCUT2D eigenvalue weighted by Crippen LogP contribution is -2.39. The Labute approximate surface area is 220 Å². The van der Waals surface area contributed by atoms with E-state index in [1.807, 2.05) is 41.1 Å². The summed E-state index contributed by atoms with van der Waals surface area (Å²) >= 11 is 1.29. The van der Waals surface area contributed by atoms with Crippen LogP contribution in [0.4, 0.5) is 0 Å². The molecule has 3 aromatic rings. The predicted octanol–water partition coefficient (Wildman–Crippen LogP) is 3.83. The second kappa shape index (κ2) is 11.1. The van der Waals surface area contributed by atoms with Crippen molar-refractivity contribution in [1.82, 2.24) is 14.6 Å². The van der Waals surface area contributed by atoms with Gasteiger partial charge >= 0.3 is 0 Å². The van der Waals surface area contributed by atoms with Crippen molar-refractivity contribution in [1.29, 1.82) is 0 Å². The molecule has 1 aliphatic rings. The van der Waals surface area contributed by atoms with Gasteiger partial charge in [-0.2, -0.15) is 0 Å². The van der Waals surface area contributed by atoms with E-state index in [9.17, 15) is 18.0 Å². The van der Waals surface area contributed by atoms with E-state index in [0.29, 0.717) is 29.3 Å². The van der Waals surface area contributed by atoms with Crippen molar-refractivity contribution in [2.45, 2.75) is 51.5 Å².